The van der Waals surface area contributed by atoms with Gasteiger partial charge in [-0.05, 0) is 31.2 Å². The van der Waals surface area contributed by atoms with Crippen LogP contribution in [0.2, 0.25) is 0 Å². The summed E-state index contributed by atoms with van der Waals surface area (Å²) in [6.07, 6.45) is 1.82. The summed E-state index contributed by atoms with van der Waals surface area (Å²) in [5.74, 6) is 0. The number of nitrogens with zero attached hydrogens (tertiary/aromatic N) is 2. The molecule has 6 rings (SSSR count). The third kappa shape index (κ3) is 1.94. The number of para-hydroxylation sites is 3. The third-order valence-electron chi connectivity index (χ3n) is 5.32. The average Bonchev–Trinajstić information content (AvgIpc) is 3.24. The van der Waals surface area contributed by atoms with Gasteiger partial charge in [-0.3, -0.25) is 4.98 Å². The van der Waals surface area contributed by atoms with E-state index in [0.717, 1.165) is 33.3 Å². The van der Waals surface area contributed by atoms with Crippen molar-refractivity contribution in [2.75, 3.05) is 0 Å². The first-order chi connectivity index (χ1) is 13.3. The highest BCUT2D eigenvalue weighted by Gasteiger charge is 2.17. The second-order valence-corrected chi connectivity index (χ2v) is 6.95. The first-order valence-electron chi connectivity index (χ1n) is 9.08. The number of furan rings is 1. The van der Waals surface area contributed by atoms with Crippen molar-refractivity contribution >= 4 is 43.7 Å². The van der Waals surface area contributed by atoms with E-state index < -0.39 is 0 Å². The minimum Gasteiger partial charge on any atom is -0.452 e. The zero-order chi connectivity index (χ0) is 18.0. The molecule has 3 aromatic heterocycles. The second kappa shape index (κ2) is 5.21. The molecule has 3 aromatic carbocycles. The Labute approximate surface area is 155 Å². The van der Waals surface area contributed by atoms with E-state index in [1.54, 1.807) is 0 Å². The molecule has 128 valence electrons. The smallest absolute Gasteiger partial charge is 0.159 e. The maximum Gasteiger partial charge on any atom is 0.159 e. The predicted molar refractivity (Wildman–Crippen MR) is 111 cm³/mol. The van der Waals surface area contributed by atoms with Crippen molar-refractivity contribution < 1.29 is 4.42 Å². The van der Waals surface area contributed by atoms with Crippen LogP contribution in [0.1, 0.15) is 5.69 Å². The molecule has 0 unspecified atom stereocenters. The van der Waals surface area contributed by atoms with Gasteiger partial charge in [-0.25, -0.2) is 0 Å². The van der Waals surface area contributed by atoms with Crippen molar-refractivity contribution in [1.82, 2.24) is 9.55 Å². The summed E-state index contributed by atoms with van der Waals surface area (Å²) in [5, 5.41) is 4.73. The molecule has 0 fully saturated rings. The van der Waals surface area contributed by atoms with Gasteiger partial charge in [-0.2, -0.15) is 0 Å². The van der Waals surface area contributed by atoms with Crippen molar-refractivity contribution in [2.24, 2.45) is 0 Å². The fourth-order valence-electron chi connectivity index (χ4n) is 4.15. The molecule has 0 bridgehead atoms. The molecule has 6 aromatic rings. The lowest BCUT2D eigenvalue weighted by Crippen LogP contribution is -1.93. The highest BCUT2D eigenvalue weighted by Crippen LogP contribution is 2.37. The molecule has 0 saturated carbocycles. The van der Waals surface area contributed by atoms with Gasteiger partial charge in [0.15, 0.2) is 11.2 Å². The fourth-order valence-corrected chi connectivity index (χ4v) is 4.15. The van der Waals surface area contributed by atoms with Crippen molar-refractivity contribution in [3.63, 3.8) is 0 Å². The van der Waals surface area contributed by atoms with Crippen LogP contribution < -0.4 is 0 Å². The molecule has 0 saturated heterocycles. The Hall–Kier alpha value is -3.59. The topological polar surface area (TPSA) is 31.0 Å². The van der Waals surface area contributed by atoms with E-state index in [1.165, 1.54) is 21.8 Å². The molecule has 3 heterocycles. The molecule has 0 spiro atoms. The minimum atomic E-state index is 0.823. The number of hydrogen-bond donors (Lipinski definition) is 0. The summed E-state index contributed by atoms with van der Waals surface area (Å²) in [6, 6.07) is 25.5. The number of benzene rings is 3. The molecule has 0 radical (unpaired) electrons. The van der Waals surface area contributed by atoms with E-state index in [2.05, 4.69) is 82.3 Å². The Morgan fingerprint density at radius 3 is 2.15 bits per heavy atom. The van der Waals surface area contributed by atoms with Gasteiger partial charge in [-0.1, -0.05) is 48.5 Å². The van der Waals surface area contributed by atoms with Crippen molar-refractivity contribution in [1.29, 1.82) is 0 Å². The van der Waals surface area contributed by atoms with Gasteiger partial charge < -0.3 is 8.98 Å². The number of fused-ring (bicyclic) bond motifs is 6. The zero-order valence-corrected chi connectivity index (χ0v) is 14.8. The fraction of sp³-hybridized carbons (Fsp3) is 0.0417. The summed E-state index contributed by atoms with van der Waals surface area (Å²) in [4.78, 5) is 4.39. The van der Waals surface area contributed by atoms with Crippen LogP contribution in [0.4, 0.5) is 0 Å². The van der Waals surface area contributed by atoms with E-state index in [9.17, 15) is 0 Å². The molecule has 0 atom stereocenters. The highest BCUT2D eigenvalue weighted by molar-refractivity contribution is 6.12. The van der Waals surface area contributed by atoms with Gasteiger partial charge >= 0.3 is 0 Å². The number of aromatic nitrogens is 2. The van der Waals surface area contributed by atoms with Gasteiger partial charge in [0.2, 0.25) is 0 Å². The summed E-state index contributed by atoms with van der Waals surface area (Å²) < 4.78 is 8.58. The van der Waals surface area contributed by atoms with Crippen LogP contribution in [0.15, 0.2) is 83.4 Å². The van der Waals surface area contributed by atoms with Crippen LogP contribution in [0.3, 0.4) is 0 Å². The average molecular weight is 348 g/mol. The minimum absolute atomic E-state index is 0.823. The van der Waals surface area contributed by atoms with E-state index in [4.69, 9.17) is 4.42 Å². The summed E-state index contributed by atoms with van der Waals surface area (Å²) in [5.41, 5.74) is 6.13. The van der Waals surface area contributed by atoms with Gasteiger partial charge in [-0.15, -0.1) is 0 Å². The maximum absolute atomic E-state index is 6.28. The molecule has 0 aliphatic heterocycles. The molecular weight excluding hydrogens is 332 g/mol. The van der Waals surface area contributed by atoms with Crippen LogP contribution >= 0.6 is 0 Å². The quantitative estimate of drug-likeness (QED) is 0.345. The second-order valence-electron chi connectivity index (χ2n) is 6.95. The molecule has 3 nitrogen and oxygen atoms in total. The first kappa shape index (κ1) is 14.6. The lowest BCUT2D eigenvalue weighted by Gasteiger charge is -2.08. The van der Waals surface area contributed by atoms with Crippen LogP contribution in [-0.4, -0.2) is 9.55 Å². The summed E-state index contributed by atoms with van der Waals surface area (Å²) in [6.45, 7) is 2.01. The van der Waals surface area contributed by atoms with Crippen LogP contribution in [0.25, 0.3) is 49.4 Å². The molecule has 0 aliphatic carbocycles. The molecule has 0 amide bonds. The Morgan fingerprint density at radius 2 is 1.41 bits per heavy atom. The van der Waals surface area contributed by atoms with Gasteiger partial charge in [0.25, 0.3) is 0 Å². The van der Waals surface area contributed by atoms with Crippen molar-refractivity contribution in [3.05, 3.63) is 84.7 Å². The van der Waals surface area contributed by atoms with Crippen LogP contribution in [-0.2, 0) is 0 Å². The Morgan fingerprint density at radius 1 is 0.741 bits per heavy atom. The Bertz CT molecular complexity index is 1430. The molecule has 3 heteroatoms. The third-order valence-corrected chi connectivity index (χ3v) is 5.32. The first-order valence-corrected chi connectivity index (χ1v) is 9.08. The standard InChI is InChI=1S/C24H16N2O/c1-15-13-19-18-9-6-12-22(24(18)27-23(19)14-25-15)26-20-10-4-2-7-16(20)17-8-3-5-11-21(17)26/h2-14H,1H3. The van der Waals surface area contributed by atoms with E-state index in [1.807, 2.05) is 13.1 Å². The van der Waals surface area contributed by atoms with Gasteiger partial charge in [0, 0.05) is 27.2 Å². The normalized spacial score (nSPS) is 11.9. The zero-order valence-electron chi connectivity index (χ0n) is 14.8. The van der Waals surface area contributed by atoms with Crippen molar-refractivity contribution in [2.45, 2.75) is 6.92 Å². The number of hydrogen-bond acceptors (Lipinski definition) is 2. The van der Waals surface area contributed by atoms with Crippen LogP contribution in [0, 0.1) is 6.92 Å². The monoisotopic (exact) mass is 348 g/mol. The van der Waals surface area contributed by atoms with Gasteiger partial charge in [0.05, 0.1) is 22.9 Å². The van der Waals surface area contributed by atoms with Crippen molar-refractivity contribution in [3.8, 4) is 5.69 Å². The number of pyridine rings is 1. The predicted octanol–water partition coefficient (Wildman–Crippen LogP) is 6.39. The SMILES string of the molecule is Cc1cc2c(cn1)oc1c(-n3c4ccccc4c4ccccc43)cccc12. The van der Waals surface area contributed by atoms with E-state index in [0.29, 0.717) is 0 Å². The largest absolute Gasteiger partial charge is 0.452 e. The molecule has 27 heavy (non-hydrogen) atoms. The lowest BCUT2D eigenvalue weighted by atomic mass is 10.1. The van der Waals surface area contributed by atoms with Gasteiger partial charge in [0.1, 0.15) is 0 Å². The molecular formula is C24H16N2O. The lowest BCUT2D eigenvalue weighted by molar-refractivity contribution is 0.664. The molecule has 0 aliphatic rings. The van der Waals surface area contributed by atoms with Crippen LogP contribution in [0.5, 0.6) is 0 Å². The van der Waals surface area contributed by atoms with E-state index >= 15 is 0 Å². The highest BCUT2D eigenvalue weighted by atomic mass is 16.3. The summed E-state index contributed by atoms with van der Waals surface area (Å²) in [7, 11) is 0. The number of rotatable bonds is 1. The number of aryl methyl sites for hydroxylation is 1. The maximum atomic E-state index is 6.28. The van der Waals surface area contributed by atoms with E-state index in [-0.39, 0.29) is 0 Å². The Kier molecular flexibility index (Phi) is 2.81. The molecule has 0 N–H and O–H groups in total. The Balaban J connectivity index is 1.82. The summed E-state index contributed by atoms with van der Waals surface area (Å²) >= 11 is 0.